The number of nitrogens with one attached hydrogen (secondary N) is 1. The molecule has 0 aliphatic carbocycles. The molecular weight excluding hydrogens is 392 g/mol. The van der Waals surface area contributed by atoms with Gasteiger partial charge in [-0.2, -0.15) is 0 Å². The second kappa shape index (κ2) is 11.0. The van der Waals surface area contributed by atoms with E-state index in [1.807, 2.05) is 55.5 Å². The fourth-order valence-corrected chi connectivity index (χ4v) is 3.26. The van der Waals surface area contributed by atoms with Crippen LogP contribution in [-0.2, 0) is 22.7 Å². The van der Waals surface area contributed by atoms with Crippen LogP contribution >= 0.6 is 12.4 Å². The first-order valence-electron chi connectivity index (χ1n) is 9.52. The molecule has 0 radical (unpaired) electrons. The van der Waals surface area contributed by atoms with Gasteiger partial charge in [0.25, 0.3) is 0 Å². The zero-order valence-electron chi connectivity index (χ0n) is 17.1. The molecule has 2 aromatic rings. The minimum absolute atomic E-state index is 0. The van der Waals surface area contributed by atoms with Gasteiger partial charge in [-0.05, 0) is 30.2 Å². The number of likely N-dealkylation sites (N-methyl/N-ethyl adjacent to an activating group) is 1. The molecule has 2 aromatic carbocycles. The molecule has 1 amide bonds. The highest BCUT2D eigenvalue weighted by Gasteiger charge is 2.30. The Hall–Kier alpha value is -2.28. The molecule has 7 heteroatoms. The number of amides is 1. The Kier molecular flexibility index (Phi) is 8.76. The third-order valence-electron chi connectivity index (χ3n) is 4.84. The Morgan fingerprint density at radius 3 is 2.62 bits per heavy atom. The first-order chi connectivity index (χ1) is 13.6. The quantitative estimate of drug-likeness (QED) is 0.746. The van der Waals surface area contributed by atoms with Crippen molar-refractivity contribution in [3.05, 3.63) is 59.7 Å². The summed E-state index contributed by atoms with van der Waals surface area (Å²) in [7, 11) is 3.42. The molecular formula is C22H29ClN2O4. The maximum atomic E-state index is 12.7. The summed E-state index contributed by atoms with van der Waals surface area (Å²) in [4.78, 5) is 14.4. The van der Waals surface area contributed by atoms with Gasteiger partial charge in [-0.25, -0.2) is 0 Å². The van der Waals surface area contributed by atoms with Crippen molar-refractivity contribution in [2.45, 2.75) is 32.2 Å². The number of benzene rings is 2. The predicted molar refractivity (Wildman–Crippen MR) is 115 cm³/mol. The van der Waals surface area contributed by atoms with Crippen LogP contribution in [0.15, 0.2) is 48.5 Å². The maximum Gasteiger partial charge on any atom is 0.242 e. The third kappa shape index (κ3) is 6.10. The van der Waals surface area contributed by atoms with Crippen LogP contribution in [0.25, 0.3) is 0 Å². The average Bonchev–Trinajstić information content (AvgIpc) is 2.73. The summed E-state index contributed by atoms with van der Waals surface area (Å²) in [5, 5.41) is 3.24. The minimum Gasteiger partial charge on any atom is -0.493 e. The number of nitrogens with zero attached hydrogens (tertiary/aromatic N) is 1. The summed E-state index contributed by atoms with van der Waals surface area (Å²) in [5.41, 5.74) is 2.07. The van der Waals surface area contributed by atoms with Crippen LogP contribution < -0.4 is 14.8 Å². The van der Waals surface area contributed by atoms with Crippen LogP contribution in [0.2, 0.25) is 0 Å². The number of methoxy groups -OCH3 is 1. The second-order valence-electron chi connectivity index (χ2n) is 6.96. The normalized spacial score (nSPS) is 18.4. The zero-order chi connectivity index (χ0) is 19.9. The Labute approximate surface area is 178 Å². The predicted octanol–water partition coefficient (Wildman–Crippen LogP) is 3.03. The Balaban J connectivity index is 0.00000300. The zero-order valence-corrected chi connectivity index (χ0v) is 17.9. The lowest BCUT2D eigenvalue weighted by Gasteiger charge is -2.32. The summed E-state index contributed by atoms with van der Waals surface area (Å²) in [5.74, 6) is 1.36. The van der Waals surface area contributed by atoms with Gasteiger partial charge in [0.2, 0.25) is 5.91 Å². The van der Waals surface area contributed by atoms with E-state index in [2.05, 4.69) is 5.32 Å². The molecule has 2 atom stereocenters. The molecule has 29 heavy (non-hydrogen) atoms. The van der Waals surface area contributed by atoms with Gasteiger partial charge < -0.3 is 24.4 Å². The number of carbonyl (C=O) groups excluding carboxylic acids is 1. The molecule has 0 saturated carbocycles. The molecule has 6 nitrogen and oxygen atoms in total. The van der Waals surface area contributed by atoms with E-state index >= 15 is 0 Å². The summed E-state index contributed by atoms with van der Waals surface area (Å²) in [6.07, 6.45) is -0.132. The molecule has 0 bridgehead atoms. The fraction of sp³-hybridized carbons (Fsp3) is 0.409. The van der Waals surface area contributed by atoms with Gasteiger partial charge in [-0.1, -0.05) is 36.4 Å². The number of rotatable bonds is 7. The standard InChI is InChI=1S/C22H28N2O4.ClH/c1-16-21(23-11-12-27-16)22(25)24(2)14-18-9-10-19(20(13-18)26-3)28-15-17-7-5-4-6-8-17;/h4-10,13,16,21,23H,11-12,14-15H2,1-3H3;1H/t16-,21+;/m1./s1. The van der Waals surface area contributed by atoms with E-state index in [0.29, 0.717) is 37.8 Å². The van der Waals surface area contributed by atoms with E-state index in [4.69, 9.17) is 14.2 Å². The largest absolute Gasteiger partial charge is 0.493 e. The maximum absolute atomic E-state index is 12.7. The van der Waals surface area contributed by atoms with Gasteiger partial charge in [-0.15, -0.1) is 12.4 Å². The lowest BCUT2D eigenvalue weighted by atomic mass is 10.1. The van der Waals surface area contributed by atoms with Crippen molar-refractivity contribution in [2.24, 2.45) is 0 Å². The molecule has 0 spiro atoms. The first kappa shape index (κ1) is 23.0. The molecule has 1 N–H and O–H groups in total. The number of morpholine rings is 1. The van der Waals surface area contributed by atoms with Crippen molar-refractivity contribution < 1.29 is 19.0 Å². The van der Waals surface area contributed by atoms with Gasteiger partial charge in [0, 0.05) is 20.1 Å². The molecule has 1 saturated heterocycles. The lowest BCUT2D eigenvalue weighted by Crippen LogP contribution is -2.55. The topological polar surface area (TPSA) is 60.0 Å². The molecule has 1 aliphatic rings. The molecule has 0 aromatic heterocycles. The SMILES string of the molecule is COc1cc(CN(C)C(=O)[C@H]2NCCO[C@@H]2C)ccc1OCc1ccccc1.Cl. The van der Waals surface area contributed by atoms with E-state index in [-0.39, 0.29) is 30.5 Å². The van der Waals surface area contributed by atoms with Gasteiger partial charge in [0.1, 0.15) is 12.6 Å². The molecule has 1 aliphatic heterocycles. The van der Waals surface area contributed by atoms with Crippen LogP contribution in [-0.4, -0.2) is 50.3 Å². The van der Waals surface area contributed by atoms with Crippen molar-refractivity contribution in [1.29, 1.82) is 0 Å². The van der Waals surface area contributed by atoms with Gasteiger partial charge in [-0.3, -0.25) is 4.79 Å². The van der Waals surface area contributed by atoms with Crippen LogP contribution in [0.3, 0.4) is 0 Å². The highest BCUT2D eigenvalue weighted by molar-refractivity contribution is 5.85. The van der Waals surface area contributed by atoms with Crippen LogP contribution in [0.4, 0.5) is 0 Å². The number of hydrogen-bond acceptors (Lipinski definition) is 5. The van der Waals surface area contributed by atoms with Gasteiger partial charge in [0.05, 0.1) is 19.8 Å². The fourth-order valence-electron chi connectivity index (χ4n) is 3.26. The number of hydrogen-bond donors (Lipinski definition) is 1. The summed E-state index contributed by atoms with van der Waals surface area (Å²) < 4.78 is 17.0. The van der Waals surface area contributed by atoms with E-state index in [0.717, 1.165) is 11.1 Å². The number of halogens is 1. The van der Waals surface area contributed by atoms with Gasteiger partial charge in [0.15, 0.2) is 11.5 Å². The average molecular weight is 421 g/mol. The Morgan fingerprint density at radius 2 is 1.93 bits per heavy atom. The molecule has 158 valence electrons. The van der Waals surface area contributed by atoms with E-state index in [1.165, 1.54) is 0 Å². The van der Waals surface area contributed by atoms with Crippen LogP contribution in [0.5, 0.6) is 11.5 Å². The minimum atomic E-state index is -0.311. The van der Waals surface area contributed by atoms with E-state index in [9.17, 15) is 4.79 Å². The summed E-state index contributed by atoms with van der Waals surface area (Å²) >= 11 is 0. The Bertz CT molecular complexity index is 788. The van der Waals surface area contributed by atoms with Crippen LogP contribution in [0.1, 0.15) is 18.1 Å². The smallest absolute Gasteiger partial charge is 0.242 e. The lowest BCUT2D eigenvalue weighted by molar-refractivity contribution is -0.138. The van der Waals surface area contributed by atoms with Crippen LogP contribution in [0, 0.1) is 0 Å². The van der Waals surface area contributed by atoms with Gasteiger partial charge >= 0.3 is 0 Å². The first-order valence-corrected chi connectivity index (χ1v) is 9.52. The molecule has 1 fully saturated rings. The second-order valence-corrected chi connectivity index (χ2v) is 6.96. The third-order valence-corrected chi connectivity index (χ3v) is 4.84. The van der Waals surface area contributed by atoms with Crippen molar-refractivity contribution in [1.82, 2.24) is 10.2 Å². The monoisotopic (exact) mass is 420 g/mol. The molecule has 0 unspecified atom stereocenters. The highest BCUT2D eigenvalue weighted by Crippen LogP contribution is 2.29. The summed E-state index contributed by atoms with van der Waals surface area (Å²) in [6.45, 7) is 4.20. The highest BCUT2D eigenvalue weighted by atomic mass is 35.5. The van der Waals surface area contributed by atoms with Crippen molar-refractivity contribution in [3.63, 3.8) is 0 Å². The molecule has 3 rings (SSSR count). The summed E-state index contributed by atoms with van der Waals surface area (Å²) in [6, 6.07) is 15.4. The number of carbonyl (C=O) groups is 1. The van der Waals surface area contributed by atoms with E-state index in [1.54, 1.807) is 19.1 Å². The van der Waals surface area contributed by atoms with Crippen molar-refractivity contribution >= 4 is 18.3 Å². The van der Waals surface area contributed by atoms with E-state index < -0.39 is 0 Å². The molecule has 1 heterocycles. The number of ether oxygens (including phenoxy) is 3. The Morgan fingerprint density at radius 1 is 1.17 bits per heavy atom. The van der Waals surface area contributed by atoms with Crippen molar-refractivity contribution in [3.8, 4) is 11.5 Å². The van der Waals surface area contributed by atoms with Crippen molar-refractivity contribution in [2.75, 3.05) is 27.3 Å².